The van der Waals surface area contributed by atoms with Crippen molar-refractivity contribution in [3.63, 3.8) is 0 Å². The maximum atomic E-state index is 12.0. The van der Waals surface area contributed by atoms with E-state index < -0.39 is 6.10 Å². The van der Waals surface area contributed by atoms with Crippen molar-refractivity contribution in [1.29, 1.82) is 0 Å². The van der Waals surface area contributed by atoms with Crippen molar-refractivity contribution in [2.24, 2.45) is 11.0 Å². The van der Waals surface area contributed by atoms with Crippen LogP contribution in [-0.4, -0.2) is 24.8 Å². The molecule has 0 fully saturated rings. The number of allylic oxidation sites excluding steroid dienone is 2. The van der Waals surface area contributed by atoms with E-state index in [9.17, 15) is 4.79 Å². The minimum absolute atomic E-state index is 0.199. The van der Waals surface area contributed by atoms with Crippen molar-refractivity contribution < 1.29 is 14.3 Å². The lowest BCUT2D eigenvalue weighted by molar-refractivity contribution is -0.130. The molecule has 0 spiro atoms. The van der Waals surface area contributed by atoms with Crippen molar-refractivity contribution in [2.75, 3.05) is 6.61 Å². The second-order valence-corrected chi connectivity index (χ2v) is 5.16. The summed E-state index contributed by atoms with van der Waals surface area (Å²) >= 11 is 0. The summed E-state index contributed by atoms with van der Waals surface area (Å²) in [5, 5.41) is 4.03. The fourth-order valence-corrected chi connectivity index (χ4v) is 2.38. The quantitative estimate of drug-likeness (QED) is 0.527. The molecule has 0 aromatic heterocycles. The number of nitrogens with one attached hydrogen (secondary N) is 1. The Labute approximate surface area is 123 Å². The first kappa shape index (κ1) is 13.7. The lowest BCUT2D eigenvalue weighted by Gasteiger charge is -2.24. The Balaban J connectivity index is 1.52. The third-order valence-corrected chi connectivity index (χ3v) is 3.57. The Bertz CT molecular complexity index is 568. The second-order valence-electron chi connectivity index (χ2n) is 5.16. The van der Waals surface area contributed by atoms with Crippen LogP contribution < -0.4 is 14.9 Å². The Hall–Kier alpha value is -2.30. The molecule has 0 saturated heterocycles. The van der Waals surface area contributed by atoms with Crippen LogP contribution in [0.1, 0.15) is 19.3 Å². The normalized spacial score (nSPS) is 24.0. The molecule has 1 aliphatic heterocycles. The number of para-hydroxylation sites is 2. The standard InChI is InChI=1S/C16H18N2O3/c19-16(18-17-10-12-6-2-1-3-7-12)15-11-20-13-8-4-5-9-14(13)21-15/h1-2,4-5,8-10,12,15H,3,6-7,11H2,(H,18,19)/b17-10-/t12-,15-/m1/s1. The molecular weight excluding hydrogens is 268 g/mol. The van der Waals surface area contributed by atoms with Gasteiger partial charge in [-0.25, -0.2) is 5.43 Å². The van der Waals surface area contributed by atoms with Gasteiger partial charge in [0.2, 0.25) is 6.10 Å². The maximum absolute atomic E-state index is 12.0. The van der Waals surface area contributed by atoms with E-state index in [1.54, 1.807) is 12.3 Å². The molecule has 1 amide bonds. The Kier molecular flexibility index (Phi) is 4.19. The highest BCUT2D eigenvalue weighted by Crippen LogP contribution is 2.30. The summed E-state index contributed by atoms with van der Waals surface area (Å²) in [7, 11) is 0. The molecule has 1 aromatic carbocycles. The third kappa shape index (κ3) is 3.42. The van der Waals surface area contributed by atoms with E-state index >= 15 is 0 Å². The first-order valence-electron chi connectivity index (χ1n) is 7.19. The van der Waals surface area contributed by atoms with Gasteiger partial charge in [0.05, 0.1) is 0 Å². The van der Waals surface area contributed by atoms with Gasteiger partial charge in [0, 0.05) is 6.21 Å². The van der Waals surface area contributed by atoms with Gasteiger partial charge in [-0.05, 0) is 37.3 Å². The van der Waals surface area contributed by atoms with Gasteiger partial charge < -0.3 is 9.47 Å². The largest absolute Gasteiger partial charge is 0.485 e. The predicted octanol–water partition coefficient (Wildman–Crippen LogP) is 2.28. The van der Waals surface area contributed by atoms with E-state index in [0.29, 0.717) is 17.4 Å². The Morgan fingerprint density at radius 3 is 2.95 bits per heavy atom. The summed E-state index contributed by atoms with van der Waals surface area (Å²) in [6.07, 6.45) is 8.59. The van der Waals surface area contributed by atoms with Crippen LogP contribution in [0.25, 0.3) is 0 Å². The van der Waals surface area contributed by atoms with Crippen LogP contribution in [0.3, 0.4) is 0 Å². The molecule has 21 heavy (non-hydrogen) atoms. The lowest BCUT2D eigenvalue weighted by Crippen LogP contribution is -2.42. The van der Waals surface area contributed by atoms with Crippen molar-refractivity contribution in [1.82, 2.24) is 5.43 Å². The number of hydrogen-bond acceptors (Lipinski definition) is 4. The van der Waals surface area contributed by atoms with Crippen LogP contribution in [-0.2, 0) is 4.79 Å². The van der Waals surface area contributed by atoms with E-state index in [1.807, 2.05) is 18.2 Å². The van der Waals surface area contributed by atoms with Crippen molar-refractivity contribution >= 4 is 12.1 Å². The zero-order valence-corrected chi connectivity index (χ0v) is 11.7. The van der Waals surface area contributed by atoms with Crippen LogP contribution in [0.4, 0.5) is 0 Å². The number of carbonyl (C=O) groups is 1. The Morgan fingerprint density at radius 2 is 2.14 bits per heavy atom. The summed E-state index contributed by atoms with van der Waals surface area (Å²) in [6.45, 7) is 0.199. The van der Waals surface area contributed by atoms with Crippen LogP contribution in [0.2, 0.25) is 0 Å². The first-order valence-corrected chi connectivity index (χ1v) is 7.19. The number of hydrazone groups is 1. The molecule has 0 saturated carbocycles. The van der Waals surface area contributed by atoms with Gasteiger partial charge >= 0.3 is 0 Å². The minimum atomic E-state index is -0.664. The highest BCUT2D eigenvalue weighted by molar-refractivity contribution is 5.82. The van der Waals surface area contributed by atoms with Crippen molar-refractivity contribution in [3.05, 3.63) is 36.4 Å². The monoisotopic (exact) mass is 286 g/mol. The molecule has 3 rings (SSSR count). The van der Waals surface area contributed by atoms with Crippen molar-refractivity contribution in [2.45, 2.75) is 25.4 Å². The molecule has 2 atom stereocenters. The van der Waals surface area contributed by atoms with Gasteiger partial charge in [-0.2, -0.15) is 5.10 Å². The van der Waals surface area contributed by atoms with Gasteiger partial charge in [-0.3, -0.25) is 4.79 Å². The number of fused-ring (bicyclic) bond motifs is 1. The molecule has 5 nitrogen and oxygen atoms in total. The summed E-state index contributed by atoms with van der Waals surface area (Å²) in [6, 6.07) is 7.31. The predicted molar refractivity (Wildman–Crippen MR) is 79.5 cm³/mol. The summed E-state index contributed by atoms with van der Waals surface area (Å²) in [4.78, 5) is 12.0. The minimum Gasteiger partial charge on any atom is -0.485 e. The molecule has 1 N–H and O–H groups in total. The van der Waals surface area contributed by atoms with E-state index in [4.69, 9.17) is 9.47 Å². The first-order chi connectivity index (χ1) is 10.3. The van der Waals surface area contributed by atoms with Crippen LogP contribution in [0.15, 0.2) is 41.5 Å². The van der Waals surface area contributed by atoms with Gasteiger partial charge in [0.15, 0.2) is 11.5 Å². The van der Waals surface area contributed by atoms with Gasteiger partial charge in [0.25, 0.3) is 5.91 Å². The molecule has 1 heterocycles. The third-order valence-electron chi connectivity index (χ3n) is 3.57. The van der Waals surface area contributed by atoms with Crippen molar-refractivity contribution in [3.8, 4) is 11.5 Å². The molecular formula is C16H18N2O3. The molecule has 0 unspecified atom stereocenters. The molecule has 1 aliphatic carbocycles. The molecule has 1 aromatic rings. The summed E-state index contributed by atoms with van der Waals surface area (Å²) in [5.41, 5.74) is 2.53. The zero-order chi connectivity index (χ0) is 14.5. The van der Waals surface area contributed by atoms with Crippen LogP contribution in [0, 0.1) is 5.92 Å². The van der Waals surface area contributed by atoms with E-state index in [0.717, 1.165) is 19.3 Å². The molecule has 2 aliphatic rings. The average molecular weight is 286 g/mol. The zero-order valence-electron chi connectivity index (χ0n) is 11.7. The molecule has 0 radical (unpaired) electrons. The average Bonchev–Trinajstić information content (AvgIpc) is 2.55. The number of carbonyl (C=O) groups excluding carboxylic acids is 1. The van der Waals surface area contributed by atoms with E-state index in [-0.39, 0.29) is 12.5 Å². The van der Waals surface area contributed by atoms with E-state index in [2.05, 4.69) is 22.7 Å². The highest BCUT2D eigenvalue weighted by atomic mass is 16.6. The fraction of sp³-hybridized carbons (Fsp3) is 0.375. The number of ether oxygens (including phenoxy) is 2. The second kappa shape index (κ2) is 6.43. The maximum Gasteiger partial charge on any atom is 0.284 e. The molecule has 0 bridgehead atoms. The lowest BCUT2D eigenvalue weighted by atomic mass is 9.96. The number of nitrogens with zero attached hydrogens (tertiary/aromatic N) is 1. The topological polar surface area (TPSA) is 59.9 Å². The number of benzene rings is 1. The molecule has 5 heteroatoms. The number of amides is 1. The number of rotatable bonds is 3. The number of hydrogen-bond donors (Lipinski definition) is 1. The van der Waals surface area contributed by atoms with Gasteiger partial charge in [-0.1, -0.05) is 24.3 Å². The smallest absolute Gasteiger partial charge is 0.284 e. The van der Waals surface area contributed by atoms with Gasteiger partial charge in [-0.15, -0.1) is 0 Å². The summed E-state index contributed by atoms with van der Waals surface area (Å²) in [5.74, 6) is 1.37. The summed E-state index contributed by atoms with van der Waals surface area (Å²) < 4.78 is 11.1. The molecule has 110 valence electrons. The fourth-order valence-electron chi connectivity index (χ4n) is 2.38. The van der Waals surface area contributed by atoms with Gasteiger partial charge in [0.1, 0.15) is 6.61 Å². The highest BCUT2D eigenvalue weighted by Gasteiger charge is 2.27. The van der Waals surface area contributed by atoms with E-state index in [1.165, 1.54) is 0 Å². The Morgan fingerprint density at radius 1 is 1.29 bits per heavy atom. The van der Waals surface area contributed by atoms with Crippen LogP contribution >= 0.6 is 0 Å². The van der Waals surface area contributed by atoms with Crippen LogP contribution in [0.5, 0.6) is 11.5 Å². The SMILES string of the molecule is O=C(N/N=C\[C@@H]1CC=CCC1)[C@H]1COc2ccccc2O1.